The molecular formula is C24H40O4. The van der Waals surface area contributed by atoms with Gasteiger partial charge in [0.25, 0.3) is 0 Å². The van der Waals surface area contributed by atoms with Gasteiger partial charge in [0.15, 0.2) is 17.3 Å². The Labute approximate surface area is 171 Å². The van der Waals surface area contributed by atoms with Crippen molar-refractivity contribution in [2.45, 2.75) is 116 Å². The molecule has 0 heterocycles. The number of hydrogen-bond donors (Lipinski definition) is 1. The second kappa shape index (κ2) is 15.6. The van der Waals surface area contributed by atoms with Gasteiger partial charge >= 0.3 is 0 Å². The van der Waals surface area contributed by atoms with E-state index in [1.807, 2.05) is 0 Å². The number of carbonyl (C=O) groups excluding carboxylic acids is 3. The summed E-state index contributed by atoms with van der Waals surface area (Å²) in [6, 6.07) is 0. The fourth-order valence-electron chi connectivity index (χ4n) is 3.77. The van der Waals surface area contributed by atoms with Gasteiger partial charge in [-0.1, -0.05) is 70.4 Å². The molecule has 0 aromatic heterocycles. The normalized spacial score (nSPS) is 20.2. The minimum absolute atomic E-state index is 0.135. The van der Waals surface area contributed by atoms with E-state index in [0.29, 0.717) is 0 Å². The molecule has 0 aliphatic heterocycles. The lowest BCUT2D eigenvalue weighted by molar-refractivity contribution is -0.147. The van der Waals surface area contributed by atoms with Crippen molar-refractivity contribution < 1.29 is 19.5 Å². The Kier molecular flexibility index (Phi) is 13.8. The number of carbonyl (C=O) groups is 3. The third-order valence-corrected chi connectivity index (χ3v) is 5.61. The van der Waals surface area contributed by atoms with Gasteiger partial charge in [-0.2, -0.15) is 0 Å². The predicted molar refractivity (Wildman–Crippen MR) is 113 cm³/mol. The maximum atomic E-state index is 12.1. The lowest BCUT2D eigenvalue weighted by atomic mass is 9.81. The maximum Gasteiger partial charge on any atom is 0.179 e. The van der Waals surface area contributed by atoms with E-state index < -0.39 is 17.8 Å². The Balaban J connectivity index is 1.96. The van der Waals surface area contributed by atoms with Gasteiger partial charge in [-0.15, -0.1) is 0 Å². The topological polar surface area (TPSA) is 71.4 Å². The quantitative estimate of drug-likeness (QED) is 0.214. The Morgan fingerprint density at radius 3 is 2.04 bits per heavy atom. The SMILES string of the molecule is CCCCCCCCC=CCCCCCCCC(=O)C1C(=O)CCC(O)C1=O. The van der Waals surface area contributed by atoms with Crippen LogP contribution in [0.4, 0.5) is 0 Å². The summed E-state index contributed by atoms with van der Waals surface area (Å²) in [5, 5.41) is 9.56. The Morgan fingerprint density at radius 2 is 1.43 bits per heavy atom. The molecule has 1 fully saturated rings. The molecule has 4 nitrogen and oxygen atoms in total. The van der Waals surface area contributed by atoms with E-state index >= 15 is 0 Å². The second-order valence-electron chi connectivity index (χ2n) is 8.16. The minimum atomic E-state index is -1.19. The molecule has 0 aromatic rings. The van der Waals surface area contributed by atoms with Crippen molar-refractivity contribution in [3.8, 4) is 0 Å². The minimum Gasteiger partial charge on any atom is -0.385 e. The smallest absolute Gasteiger partial charge is 0.179 e. The summed E-state index contributed by atoms with van der Waals surface area (Å²) in [5.41, 5.74) is 0. The monoisotopic (exact) mass is 392 g/mol. The number of aliphatic hydroxyl groups is 1. The molecular weight excluding hydrogens is 352 g/mol. The molecule has 4 heteroatoms. The predicted octanol–water partition coefficient (Wildman–Crippen LogP) is 5.50. The van der Waals surface area contributed by atoms with Gasteiger partial charge in [0.05, 0.1) is 0 Å². The lowest BCUT2D eigenvalue weighted by Crippen LogP contribution is -2.43. The molecule has 28 heavy (non-hydrogen) atoms. The van der Waals surface area contributed by atoms with Crippen LogP contribution in [0.3, 0.4) is 0 Å². The molecule has 2 atom stereocenters. The molecule has 0 spiro atoms. The summed E-state index contributed by atoms with van der Waals surface area (Å²) in [5.74, 6) is -2.39. The summed E-state index contributed by atoms with van der Waals surface area (Å²) in [4.78, 5) is 35.8. The highest BCUT2D eigenvalue weighted by molar-refractivity contribution is 6.21. The van der Waals surface area contributed by atoms with Crippen molar-refractivity contribution >= 4 is 17.3 Å². The van der Waals surface area contributed by atoms with E-state index in [2.05, 4.69) is 19.1 Å². The number of aliphatic hydroxyl groups excluding tert-OH is 1. The fraction of sp³-hybridized carbons (Fsp3) is 0.792. The molecule has 1 N–H and O–H groups in total. The van der Waals surface area contributed by atoms with Crippen LogP contribution >= 0.6 is 0 Å². The highest BCUT2D eigenvalue weighted by Crippen LogP contribution is 2.21. The van der Waals surface area contributed by atoms with E-state index in [-0.39, 0.29) is 30.8 Å². The molecule has 0 radical (unpaired) electrons. The number of Topliss-reactive ketones (excluding diaryl/α,β-unsaturated/α-hetero) is 3. The van der Waals surface area contributed by atoms with Gasteiger partial charge < -0.3 is 5.11 Å². The van der Waals surface area contributed by atoms with Crippen LogP contribution < -0.4 is 0 Å². The van der Waals surface area contributed by atoms with Crippen molar-refractivity contribution in [1.82, 2.24) is 0 Å². The largest absolute Gasteiger partial charge is 0.385 e. The second-order valence-corrected chi connectivity index (χ2v) is 8.16. The third-order valence-electron chi connectivity index (χ3n) is 5.61. The first-order valence-electron chi connectivity index (χ1n) is 11.5. The van der Waals surface area contributed by atoms with Crippen molar-refractivity contribution in [3.63, 3.8) is 0 Å². The molecule has 160 valence electrons. The van der Waals surface area contributed by atoms with Crippen molar-refractivity contribution in [3.05, 3.63) is 12.2 Å². The van der Waals surface area contributed by atoms with Crippen LogP contribution in [-0.4, -0.2) is 28.6 Å². The summed E-state index contributed by atoms with van der Waals surface area (Å²) < 4.78 is 0. The first kappa shape index (κ1) is 24.7. The van der Waals surface area contributed by atoms with Crippen LogP contribution in [0.2, 0.25) is 0 Å². The van der Waals surface area contributed by atoms with Crippen LogP contribution in [0.25, 0.3) is 0 Å². The van der Waals surface area contributed by atoms with Gasteiger partial charge in [-0.25, -0.2) is 0 Å². The average molecular weight is 393 g/mol. The summed E-state index contributed by atoms with van der Waals surface area (Å²) in [6.07, 6.45) is 19.5. The van der Waals surface area contributed by atoms with Crippen LogP contribution in [0.15, 0.2) is 12.2 Å². The summed E-state index contributed by atoms with van der Waals surface area (Å²) in [6.45, 7) is 2.25. The Hall–Kier alpha value is -1.29. The number of rotatable bonds is 16. The first-order chi connectivity index (χ1) is 13.6. The molecule has 0 bridgehead atoms. The van der Waals surface area contributed by atoms with Crippen molar-refractivity contribution in [2.75, 3.05) is 0 Å². The zero-order valence-corrected chi connectivity index (χ0v) is 17.8. The van der Waals surface area contributed by atoms with Gasteiger partial charge in [0.2, 0.25) is 0 Å². The Morgan fingerprint density at radius 1 is 0.893 bits per heavy atom. The van der Waals surface area contributed by atoms with Gasteiger partial charge in [0, 0.05) is 12.8 Å². The maximum absolute atomic E-state index is 12.1. The van der Waals surface area contributed by atoms with Crippen LogP contribution in [0.1, 0.15) is 110 Å². The standard InChI is InChI=1S/C24H40O4/c1-2-3-4-5-6-7-8-9-10-11-12-13-14-15-16-17-20(25)23-21(26)18-19-22(27)24(23)28/h9-10,22-23,27H,2-8,11-19H2,1H3. The molecule has 1 saturated carbocycles. The molecule has 0 saturated heterocycles. The first-order valence-corrected chi connectivity index (χ1v) is 11.5. The number of ketones is 3. The zero-order chi connectivity index (χ0) is 20.6. The van der Waals surface area contributed by atoms with Gasteiger partial charge in [-0.05, 0) is 38.5 Å². The van der Waals surface area contributed by atoms with Crippen LogP contribution in [0.5, 0.6) is 0 Å². The third kappa shape index (κ3) is 10.3. The van der Waals surface area contributed by atoms with Crippen molar-refractivity contribution in [1.29, 1.82) is 0 Å². The van der Waals surface area contributed by atoms with Crippen LogP contribution in [-0.2, 0) is 14.4 Å². The Bertz CT molecular complexity index is 495. The highest BCUT2D eigenvalue weighted by Gasteiger charge is 2.40. The van der Waals surface area contributed by atoms with Gasteiger partial charge in [-0.3, -0.25) is 14.4 Å². The number of unbranched alkanes of at least 4 members (excludes halogenated alkanes) is 11. The van der Waals surface area contributed by atoms with E-state index in [1.165, 1.54) is 51.4 Å². The molecule has 1 rings (SSSR count). The fourth-order valence-corrected chi connectivity index (χ4v) is 3.77. The molecule has 1 aliphatic rings. The molecule has 0 amide bonds. The van der Waals surface area contributed by atoms with Gasteiger partial charge in [0.1, 0.15) is 12.0 Å². The van der Waals surface area contributed by atoms with E-state index in [4.69, 9.17) is 0 Å². The van der Waals surface area contributed by atoms with E-state index in [1.54, 1.807) is 0 Å². The lowest BCUT2D eigenvalue weighted by Gasteiger charge is -2.22. The zero-order valence-electron chi connectivity index (χ0n) is 17.8. The van der Waals surface area contributed by atoms with E-state index in [9.17, 15) is 19.5 Å². The molecule has 1 aliphatic carbocycles. The summed E-state index contributed by atoms with van der Waals surface area (Å²) >= 11 is 0. The number of allylic oxidation sites excluding steroid dienone is 2. The van der Waals surface area contributed by atoms with Crippen LogP contribution in [0, 0.1) is 5.92 Å². The van der Waals surface area contributed by atoms with Crippen molar-refractivity contribution in [2.24, 2.45) is 5.92 Å². The molecule has 2 unspecified atom stereocenters. The number of hydrogen-bond acceptors (Lipinski definition) is 4. The molecule has 0 aromatic carbocycles. The summed E-state index contributed by atoms with van der Waals surface area (Å²) in [7, 11) is 0. The highest BCUT2D eigenvalue weighted by atomic mass is 16.3. The van der Waals surface area contributed by atoms with E-state index in [0.717, 1.165) is 32.1 Å². The average Bonchev–Trinajstić information content (AvgIpc) is 2.68.